The first kappa shape index (κ1) is 35.4. The molecule has 0 fully saturated rings. The van der Waals surface area contributed by atoms with Crippen LogP contribution in [0, 0.1) is 18.8 Å². The fourth-order valence-corrected chi connectivity index (χ4v) is 9.88. The van der Waals surface area contributed by atoms with Crippen molar-refractivity contribution in [2.75, 3.05) is 9.80 Å². The third kappa shape index (κ3) is 6.30. The summed E-state index contributed by atoms with van der Waals surface area (Å²) in [4.78, 5) is 8.85. The van der Waals surface area contributed by atoms with Crippen molar-refractivity contribution in [3.8, 4) is 17.3 Å². The van der Waals surface area contributed by atoms with Gasteiger partial charge in [-0.05, 0) is 69.8 Å². The molecule has 330 valence electrons. The Labute approximate surface area is 408 Å². The topological polar surface area (TPSA) is 43.4 Å². The number of pyridine rings is 1. The molecule has 1 aliphatic rings. The van der Waals surface area contributed by atoms with Crippen molar-refractivity contribution >= 4 is 88.2 Å². The number of ether oxygens (including phenoxy) is 1. The van der Waals surface area contributed by atoms with Crippen LogP contribution in [-0.4, -0.2) is 18.7 Å². The summed E-state index contributed by atoms with van der Waals surface area (Å²) >= 11 is 0. The molecule has 0 spiro atoms. The van der Waals surface area contributed by atoms with E-state index in [-0.39, 0.29) is 31.9 Å². The second-order valence-electron chi connectivity index (χ2n) is 19.1. The largest absolute Gasteiger partial charge is 0.509 e. The summed E-state index contributed by atoms with van der Waals surface area (Å²) in [6.07, 6.45) is 1.88. The van der Waals surface area contributed by atoms with Gasteiger partial charge < -0.3 is 28.2 Å². The Balaban J connectivity index is 0.00000560. The summed E-state index contributed by atoms with van der Waals surface area (Å²) in [7, 11) is 0. The molecule has 66 heavy (non-hydrogen) atoms. The van der Waals surface area contributed by atoms with Gasteiger partial charge in [0.05, 0.1) is 16.7 Å². The average Bonchev–Trinajstić information content (AvgIpc) is 4.07. The van der Waals surface area contributed by atoms with E-state index in [1.807, 2.05) is 114 Å². The number of aryl methyl sites for hydroxylation is 2. The average molecular weight is 1050 g/mol. The van der Waals surface area contributed by atoms with Crippen LogP contribution in [0.25, 0.3) is 71.2 Å². The molecule has 0 aliphatic carbocycles. The van der Waals surface area contributed by atoms with Crippen LogP contribution in [0.2, 0.25) is 0 Å². The van der Waals surface area contributed by atoms with Gasteiger partial charge in [-0.2, -0.15) is 12.1 Å². The van der Waals surface area contributed by atoms with E-state index in [0.29, 0.717) is 55.7 Å². The van der Waals surface area contributed by atoms with Crippen LogP contribution >= 0.6 is 0 Å². The minimum absolute atomic E-state index is 0. The van der Waals surface area contributed by atoms with Gasteiger partial charge in [-0.25, -0.2) is 4.98 Å². The second-order valence-corrected chi connectivity index (χ2v) is 19.1. The van der Waals surface area contributed by atoms with E-state index >= 15 is 0 Å². The Kier molecular flexibility index (Phi) is 8.12. The fraction of sp³-hybridized carbons (Fsp3) is 0.172. The van der Waals surface area contributed by atoms with Gasteiger partial charge in [-0.3, -0.25) is 0 Å². The molecule has 5 heterocycles. The normalized spacial score (nSPS) is 14.9. The summed E-state index contributed by atoms with van der Waals surface area (Å²) in [6.45, 7) is 9.94. The van der Waals surface area contributed by atoms with Crippen LogP contribution in [0.4, 0.5) is 22.7 Å². The van der Waals surface area contributed by atoms with Gasteiger partial charge in [0.25, 0.3) is 0 Å². The van der Waals surface area contributed by atoms with Crippen LogP contribution in [-0.2, 0) is 45.8 Å². The van der Waals surface area contributed by atoms with Gasteiger partial charge >= 0.3 is 0 Å². The number of aromatic nitrogens is 4. The molecule has 1 aliphatic heterocycles. The summed E-state index contributed by atoms with van der Waals surface area (Å²) in [5.41, 5.74) is 8.39. The van der Waals surface area contributed by atoms with Crippen LogP contribution in [0.15, 0.2) is 146 Å². The van der Waals surface area contributed by atoms with E-state index in [1.165, 1.54) is 20.3 Å². The molecule has 7 nitrogen and oxygen atoms in total. The molecule has 0 radical (unpaired) electrons. The molecule has 0 atom stereocenters. The van der Waals surface area contributed by atoms with Crippen molar-refractivity contribution in [3.05, 3.63) is 176 Å². The predicted octanol–water partition coefficient (Wildman–Crippen LogP) is 14.9. The second kappa shape index (κ2) is 15.1. The van der Waals surface area contributed by atoms with Gasteiger partial charge in [-0.15, -0.1) is 48.1 Å². The van der Waals surface area contributed by atoms with Gasteiger partial charge in [-0.1, -0.05) is 114 Å². The smallest absolute Gasteiger partial charge is 0.135 e. The third-order valence-electron chi connectivity index (χ3n) is 13.0. The van der Waals surface area contributed by atoms with Crippen LogP contribution < -0.4 is 14.5 Å². The summed E-state index contributed by atoms with van der Waals surface area (Å²) in [5, 5.41) is 5.01. The van der Waals surface area contributed by atoms with Gasteiger partial charge in [0.2, 0.25) is 0 Å². The maximum Gasteiger partial charge on any atom is 0.135 e. The number of anilines is 4. The molecule has 0 saturated carbocycles. The maximum absolute atomic E-state index is 8.95. The molecule has 0 bridgehead atoms. The molecular formula is C58H49N6OPt-3. The number of hydrogen-bond donors (Lipinski definition) is 0. The Hall–Kier alpha value is -6.82. The van der Waals surface area contributed by atoms with Crippen molar-refractivity contribution in [1.82, 2.24) is 18.7 Å². The van der Waals surface area contributed by atoms with Crippen LogP contribution in [0.1, 0.15) is 60.9 Å². The zero-order valence-electron chi connectivity index (χ0n) is 43.3. The summed E-state index contributed by atoms with van der Waals surface area (Å²) in [5.74, 6) is 1.74. The van der Waals surface area contributed by atoms with Gasteiger partial charge in [0, 0.05) is 110 Å². The first-order chi connectivity index (χ1) is 33.8. The molecule has 0 N–H and O–H groups in total. The Morgan fingerprint density at radius 1 is 0.561 bits per heavy atom. The molecule has 0 amide bonds. The fourth-order valence-electron chi connectivity index (χ4n) is 9.88. The molecular weight excluding hydrogens is 992 g/mol. The minimum atomic E-state index is -2.63. The Morgan fingerprint density at radius 3 is 1.85 bits per heavy atom. The van der Waals surface area contributed by atoms with E-state index in [2.05, 4.69) is 94.6 Å². The number of para-hydroxylation sites is 5. The molecule has 8 heteroatoms. The zero-order chi connectivity index (χ0) is 49.5. The maximum atomic E-state index is 8.95. The van der Waals surface area contributed by atoms with E-state index in [9.17, 15) is 0 Å². The molecule has 11 aromatic rings. The van der Waals surface area contributed by atoms with E-state index < -0.39 is 14.0 Å². The van der Waals surface area contributed by atoms with Crippen molar-refractivity contribution in [3.63, 3.8) is 0 Å². The predicted molar refractivity (Wildman–Crippen MR) is 270 cm³/mol. The molecule has 0 saturated heterocycles. The Morgan fingerprint density at radius 2 is 1.18 bits per heavy atom. The molecule has 4 aromatic heterocycles. The number of hydrogen-bond acceptors (Lipinski definition) is 4. The minimum Gasteiger partial charge on any atom is -0.509 e. The summed E-state index contributed by atoms with van der Waals surface area (Å²) < 4.78 is 65.4. The molecule has 7 aromatic carbocycles. The number of benzene rings is 7. The number of fused-ring (bicyclic) bond motifs is 10. The monoisotopic (exact) mass is 1050 g/mol. The summed E-state index contributed by atoms with van der Waals surface area (Å²) in [6, 6.07) is 52.3. The first-order valence-electron chi connectivity index (χ1n) is 25.0. The van der Waals surface area contributed by atoms with E-state index in [4.69, 9.17) is 17.9 Å². The molecule has 12 rings (SSSR count). The SMILES string of the molecule is [2H]C([2H])([2H])n1c2ccccc2c2cc3c4ccccc4n(C([2H])([2H])[2H])c3c(N3[CH-]N(c4[c-]c(Oc5[c-]c6c(cc5)c5cccc(C(C)(C)C)c5n6-c5cc(C(C)(C)C)ccn5)ccc4)c4ccccc43)c21.[Pt]. The van der Waals surface area contributed by atoms with Crippen LogP contribution in [0.5, 0.6) is 11.5 Å². The van der Waals surface area contributed by atoms with Crippen molar-refractivity contribution < 1.29 is 34.0 Å². The van der Waals surface area contributed by atoms with Crippen molar-refractivity contribution in [1.29, 1.82) is 0 Å². The third-order valence-corrected chi connectivity index (χ3v) is 13.0. The number of nitrogens with zero attached hydrogens (tertiary/aromatic N) is 6. The van der Waals surface area contributed by atoms with E-state index in [0.717, 1.165) is 49.8 Å². The van der Waals surface area contributed by atoms with Gasteiger partial charge in [0.1, 0.15) is 5.82 Å². The van der Waals surface area contributed by atoms with Crippen LogP contribution in [0.3, 0.4) is 0 Å². The van der Waals surface area contributed by atoms with Crippen molar-refractivity contribution in [2.45, 2.75) is 52.4 Å². The van der Waals surface area contributed by atoms with E-state index in [1.54, 1.807) is 12.1 Å². The van der Waals surface area contributed by atoms with Crippen molar-refractivity contribution in [2.24, 2.45) is 14.0 Å². The first-order valence-corrected chi connectivity index (χ1v) is 22.0. The standard InChI is InChI=1S/C58H49N6O.Pt/c1-57(2,3)36-29-30-59-52(31-36)64-51-33-39(27-28-42(51)43-21-16-22-46(53(43)64)58(4,5)6)65-38-18-15-17-37(32-38)62-35-63(50-26-14-13-25-49(50)62)56-54-44(40-19-9-11-23-47(40)60(54)7)34-45-41-20-10-12-24-48(41)61(8)55(45)56;/h9-31,34-35H,1-8H3;/q-3;/i7D3,8D3;. The molecule has 0 unspecified atom stereocenters. The quantitative estimate of drug-likeness (QED) is 0.161. The van der Waals surface area contributed by atoms with Gasteiger partial charge in [0.15, 0.2) is 0 Å². The Bertz CT molecular complexity index is 3880. The number of rotatable bonds is 5. The zero-order valence-corrected chi connectivity index (χ0v) is 39.6.